The Labute approximate surface area is 130 Å². The molecular formula is C15H21Cl2NO2. The minimum atomic E-state index is -0.164. The van der Waals surface area contributed by atoms with Crippen molar-refractivity contribution in [2.75, 3.05) is 13.2 Å². The molecule has 0 amide bonds. The molecule has 1 heterocycles. The normalized spacial score (nSPS) is 23.9. The standard InChI is InChI=1S/C15H21Cl2NO2/c1-3-13-9(5-6-20-13)15(18)10-7-12(17)14(19-4-2)8-11(10)16/h7-9,13,15H,3-6,18H2,1-2H3. The zero-order chi connectivity index (χ0) is 14.7. The number of benzene rings is 1. The molecule has 112 valence electrons. The number of rotatable bonds is 5. The van der Waals surface area contributed by atoms with Gasteiger partial charge in [0.1, 0.15) is 5.75 Å². The Morgan fingerprint density at radius 1 is 1.35 bits per heavy atom. The fraction of sp³-hybridized carbons (Fsp3) is 0.600. The van der Waals surface area contributed by atoms with Crippen molar-refractivity contribution in [3.8, 4) is 5.75 Å². The second kappa shape index (κ2) is 6.99. The third kappa shape index (κ3) is 3.22. The SMILES string of the molecule is CCOc1cc(Cl)c(C(N)C2CCOC2CC)cc1Cl. The van der Waals surface area contributed by atoms with Gasteiger partial charge in [-0.15, -0.1) is 0 Å². The summed E-state index contributed by atoms with van der Waals surface area (Å²) in [6, 6.07) is 3.41. The van der Waals surface area contributed by atoms with Crippen LogP contribution in [0, 0.1) is 5.92 Å². The first kappa shape index (κ1) is 15.9. The minimum Gasteiger partial charge on any atom is -0.492 e. The van der Waals surface area contributed by atoms with E-state index in [0.717, 1.165) is 25.0 Å². The Morgan fingerprint density at radius 2 is 2.10 bits per heavy atom. The number of nitrogens with two attached hydrogens (primary N) is 1. The monoisotopic (exact) mass is 317 g/mol. The zero-order valence-electron chi connectivity index (χ0n) is 11.9. The summed E-state index contributed by atoms with van der Waals surface area (Å²) in [6.45, 7) is 5.34. The summed E-state index contributed by atoms with van der Waals surface area (Å²) in [4.78, 5) is 0. The lowest BCUT2D eigenvalue weighted by Crippen LogP contribution is -2.28. The number of hydrogen-bond acceptors (Lipinski definition) is 3. The summed E-state index contributed by atoms with van der Waals surface area (Å²) in [6.07, 6.45) is 2.12. The molecule has 5 heteroatoms. The molecule has 1 fully saturated rings. The lowest BCUT2D eigenvalue weighted by molar-refractivity contribution is 0.0813. The molecule has 0 aromatic heterocycles. The van der Waals surface area contributed by atoms with E-state index in [1.807, 2.05) is 13.0 Å². The van der Waals surface area contributed by atoms with Crippen LogP contribution >= 0.6 is 23.2 Å². The maximum absolute atomic E-state index is 6.40. The third-order valence-electron chi connectivity index (χ3n) is 3.83. The van der Waals surface area contributed by atoms with Gasteiger partial charge in [0.2, 0.25) is 0 Å². The van der Waals surface area contributed by atoms with E-state index in [-0.39, 0.29) is 18.1 Å². The fourth-order valence-electron chi connectivity index (χ4n) is 2.79. The topological polar surface area (TPSA) is 44.5 Å². The highest BCUT2D eigenvalue weighted by molar-refractivity contribution is 6.34. The van der Waals surface area contributed by atoms with Crippen molar-refractivity contribution in [3.63, 3.8) is 0 Å². The van der Waals surface area contributed by atoms with Crippen LogP contribution < -0.4 is 10.5 Å². The quantitative estimate of drug-likeness (QED) is 0.884. The van der Waals surface area contributed by atoms with Crippen LogP contribution in [0.1, 0.15) is 38.3 Å². The Balaban J connectivity index is 2.25. The highest BCUT2D eigenvalue weighted by Gasteiger charge is 2.33. The summed E-state index contributed by atoms with van der Waals surface area (Å²) < 4.78 is 11.1. The van der Waals surface area contributed by atoms with E-state index in [0.29, 0.717) is 22.4 Å². The summed E-state index contributed by atoms with van der Waals surface area (Å²) >= 11 is 12.6. The molecule has 0 saturated carbocycles. The summed E-state index contributed by atoms with van der Waals surface area (Å²) in [5.74, 6) is 0.886. The van der Waals surface area contributed by atoms with E-state index in [1.165, 1.54) is 0 Å². The van der Waals surface area contributed by atoms with Crippen LogP contribution in [0.3, 0.4) is 0 Å². The number of halogens is 2. The van der Waals surface area contributed by atoms with Gasteiger partial charge >= 0.3 is 0 Å². The van der Waals surface area contributed by atoms with E-state index >= 15 is 0 Å². The van der Waals surface area contributed by atoms with Crippen molar-refractivity contribution < 1.29 is 9.47 Å². The maximum atomic E-state index is 6.40. The predicted molar refractivity (Wildman–Crippen MR) is 82.7 cm³/mol. The van der Waals surface area contributed by atoms with E-state index in [1.54, 1.807) is 6.07 Å². The van der Waals surface area contributed by atoms with Crippen LogP contribution in [-0.2, 0) is 4.74 Å². The van der Waals surface area contributed by atoms with Crippen LogP contribution in [0.5, 0.6) is 5.75 Å². The molecular weight excluding hydrogens is 297 g/mol. The molecule has 1 aliphatic heterocycles. The van der Waals surface area contributed by atoms with E-state index in [9.17, 15) is 0 Å². The first-order valence-corrected chi connectivity index (χ1v) is 7.83. The molecule has 1 aromatic rings. The van der Waals surface area contributed by atoms with Crippen molar-refractivity contribution in [2.24, 2.45) is 11.7 Å². The molecule has 0 bridgehead atoms. The molecule has 1 saturated heterocycles. The second-order valence-corrected chi connectivity index (χ2v) is 5.85. The molecule has 20 heavy (non-hydrogen) atoms. The molecule has 3 nitrogen and oxygen atoms in total. The van der Waals surface area contributed by atoms with Gasteiger partial charge < -0.3 is 15.2 Å². The first-order chi connectivity index (χ1) is 9.58. The van der Waals surface area contributed by atoms with E-state index in [4.69, 9.17) is 38.4 Å². The average Bonchev–Trinajstić information content (AvgIpc) is 2.90. The van der Waals surface area contributed by atoms with E-state index in [2.05, 4.69) is 6.92 Å². The molecule has 1 aromatic carbocycles. The van der Waals surface area contributed by atoms with Gasteiger partial charge in [-0.2, -0.15) is 0 Å². The van der Waals surface area contributed by atoms with Gasteiger partial charge in [0.25, 0.3) is 0 Å². The Hall–Kier alpha value is -0.480. The van der Waals surface area contributed by atoms with Crippen LogP contribution in [0.4, 0.5) is 0 Å². The molecule has 3 unspecified atom stereocenters. The maximum Gasteiger partial charge on any atom is 0.139 e. The largest absolute Gasteiger partial charge is 0.492 e. The van der Waals surface area contributed by atoms with Gasteiger partial charge in [-0.25, -0.2) is 0 Å². The van der Waals surface area contributed by atoms with Crippen molar-refractivity contribution in [1.29, 1.82) is 0 Å². The summed E-state index contributed by atoms with van der Waals surface area (Å²) in [7, 11) is 0. The summed E-state index contributed by atoms with van der Waals surface area (Å²) in [5.41, 5.74) is 7.27. The van der Waals surface area contributed by atoms with Gasteiger partial charge in [-0.05, 0) is 31.4 Å². The minimum absolute atomic E-state index is 0.164. The molecule has 0 spiro atoms. The lowest BCUT2D eigenvalue weighted by Gasteiger charge is -2.25. The van der Waals surface area contributed by atoms with Crippen LogP contribution in [-0.4, -0.2) is 19.3 Å². The van der Waals surface area contributed by atoms with Crippen LogP contribution in [0.15, 0.2) is 12.1 Å². The smallest absolute Gasteiger partial charge is 0.139 e. The Bertz CT molecular complexity index is 467. The molecule has 3 atom stereocenters. The third-order valence-corrected chi connectivity index (χ3v) is 4.46. The van der Waals surface area contributed by atoms with Gasteiger partial charge in [-0.1, -0.05) is 30.1 Å². The van der Waals surface area contributed by atoms with Crippen LogP contribution in [0.25, 0.3) is 0 Å². The molecule has 2 rings (SSSR count). The zero-order valence-corrected chi connectivity index (χ0v) is 13.4. The number of ether oxygens (including phenoxy) is 2. The first-order valence-electron chi connectivity index (χ1n) is 7.07. The van der Waals surface area contributed by atoms with Gasteiger partial charge in [0, 0.05) is 29.7 Å². The van der Waals surface area contributed by atoms with Gasteiger partial charge in [0.15, 0.2) is 0 Å². The van der Waals surface area contributed by atoms with E-state index < -0.39 is 0 Å². The van der Waals surface area contributed by atoms with Crippen molar-refractivity contribution >= 4 is 23.2 Å². The second-order valence-electron chi connectivity index (χ2n) is 5.03. The molecule has 2 N–H and O–H groups in total. The molecule has 1 aliphatic rings. The van der Waals surface area contributed by atoms with Crippen molar-refractivity contribution in [3.05, 3.63) is 27.7 Å². The predicted octanol–water partition coefficient (Wildman–Crippen LogP) is 4.21. The Kier molecular flexibility index (Phi) is 5.56. The van der Waals surface area contributed by atoms with Gasteiger partial charge in [0.05, 0.1) is 17.7 Å². The number of hydrogen-bond donors (Lipinski definition) is 1. The lowest BCUT2D eigenvalue weighted by atomic mass is 9.87. The molecule has 0 radical (unpaired) electrons. The van der Waals surface area contributed by atoms with Gasteiger partial charge in [-0.3, -0.25) is 0 Å². The fourth-order valence-corrected chi connectivity index (χ4v) is 3.30. The Morgan fingerprint density at radius 3 is 2.75 bits per heavy atom. The highest BCUT2D eigenvalue weighted by atomic mass is 35.5. The average molecular weight is 318 g/mol. The highest BCUT2D eigenvalue weighted by Crippen LogP contribution is 2.39. The van der Waals surface area contributed by atoms with Crippen molar-refractivity contribution in [2.45, 2.75) is 38.8 Å². The van der Waals surface area contributed by atoms with Crippen LogP contribution in [0.2, 0.25) is 10.0 Å². The van der Waals surface area contributed by atoms with Crippen molar-refractivity contribution in [1.82, 2.24) is 0 Å². The summed E-state index contributed by atoms with van der Waals surface area (Å²) in [5, 5.41) is 1.15. The molecule has 0 aliphatic carbocycles.